The third-order valence-electron chi connectivity index (χ3n) is 2.60. The van der Waals surface area contributed by atoms with Crippen LogP contribution in [0.2, 0.25) is 0 Å². The van der Waals surface area contributed by atoms with Gasteiger partial charge in [0.05, 0.1) is 11.5 Å². The number of allylic oxidation sites excluding steroid dienone is 1. The zero-order valence-electron chi connectivity index (χ0n) is 12.0. The maximum Gasteiger partial charge on any atom is 0.387 e. The fourth-order valence-corrected chi connectivity index (χ4v) is 1.68. The summed E-state index contributed by atoms with van der Waals surface area (Å²) in [5, 5.41) is 11.0. The fourth-order valence-electron chi connectivity index (χ4n) is 1.68. The summed E-state index contributed by atoms with van der Waals surface area (Å²) in [6, 6.07) is 4.21. The van der Waals surface area contributed by atoms with Gasteiger partial charge in [0.25, 0.3) is 0 Å². The Morgan fingerprint density at radius 1 is 1.38 bits per heavy atom. The molecule has 0 bridgehead atoms. The first-order valence-electron chi connectivity index (χ1n) is 6.42. The highest BCUT2D eigenvalue weighted by Crippen LogP contribution is 2.31. The van der Waals surface area contributed by atoms with Crippen LogP contribution >= 0.6 is 0 Å². The molecular weight excluding hydrogens is 284 g/mol. The van der Waals surface area contributed by atoms with E-state index in [4.69, 9.17) is 4.74 Å². The normalized spacial score (nSPS) is 11.9. The third-order valence-corrected chi connectivity index (χ3v) is 2.60. The van der Waals surface area contributed by atoms with E-state index in [9.17, 15) is 18.9 Å². The Kier molecular flexibility index (Phi) is 6.08. The molecule has 1 rings (SSSR count). The van der Waals surface area contributed by atoms with Gasteiger partial charge in [-0.2, -0.15) is 8.78 Å². The largest absolute Gasteiger partial charge is 0.490 e. The molecule has 1 aromatic carbocycles. The van der Waals surface area contributed by atoms with Crippen molar-refractivity contribution >= 4 is 6.08 Å². The van der Waals surface area contributed by atoms with E-state index in [2.05, 4.69) is 4.74 Å². The van der Waals surface area contributed by atoms with Crippen molar-refractivity contribution in [2.24, 2.45) is 5.92 Å². The number of nitrogens with zero attached hydrogens (tertiary/aromatic N) is 1. The summed E-state index contributed by atoms with van der Waals surface area (Å²) in [7, 11) is 0. The van der Waals surface area contributed by atoms with Crippen LogP contribution in [0, 0.1) is 16.0 Å². The topological polar surface area (TPSA) is 61.6 Å². The monoisotopic (exact) mass is 301 g/mol. The van der Waals surface area contributed by atoms with Crippen LogP contribution in [-0.4, -0.2) is 18.1 Å². The molecule has 0 aliphatic rings. The number of halogens is 2. The Morgan fingerprint density at radius 3 is 2.52 bits per heavy atom. The number of nitro groups is 1. The number of hydrogen-bond donors (Lipinski definition) is 0. The van der Waals surface area contributed by atoms with E-state index in [1.54, 1.807) is 20.8 Å². The Morgan fingerprint density at radius 2 is 2.05 bits per heavy atom. The van der Waals surface area contributed by atoms with Crippen LogP contribution in [-0.2, 0) is 0 Å². The Hall–Kier alpha value is -2.18. The van der Waals surface area contributed by atoms with Crippen LogP contribution in [0.4, 0.5) is 8.78 Å². The molecule has 5 nitrogen and oxygen atoms in total. The second-order valence-electron chi connectivity index (χ2n) is 4.50. The second kappa shape index (κ2) is 7.56. The molecule has 0 radical (unpaired) electrons. The van der Waals surface area contributed by atoms with Crippen molar-refractivity contribution in [3.63, 3.8) is 0 Å². The van der Waals surface area contributed by atoms with Crippen molar-refractivity contribution < 1.29 is 23.2 Å². The van der Waals surface area contributed by atoms with E-state index in [1.165, 1.54) is 24.3 Å². The standard InChI is InChI=1S/C14H17F2NO4/c1-4-20-13-8-10(5-6-12(13)21-14(15)16)7-11(9(2)3)17(18)19/h5-9,14H,4H2,1-3H3/b11-7-. The summed E-state index contributed by atoms with van der Waals surface area (Å²) in [5.74, 6) is -0.248. The van der Waals surface area contributed by atoms with Crippen molar-refractivity contribution in [2.45, 2.75) is 27.4 Å². The Bertz CT molecular complexity index is 530. The molecule has 0 amide bonds. The van der Waals surface area contributed by atoms with E-state index in [0.717, 1.165) is 0 Å². The highest BCUT2D eigenvalue weighted by molar-refractivity contribution is 5.57. The number of rotatable bonds is 7. The van der Waals surface area contributed by atoms with E-state index in [-0.39, 0.29) is 29.7 Å². The van der Waals surface area contributed by atoms with Crippen molar-refractivity contribution in [1.29, 1.82) is 0 Å². The first-order valence-corrected chi connectivity index (χ1v) is 6.42. The van der Waals surface area contributed by atoms with Crippen LogP contribution < -0.4 is 9.47 Å². The molecule has 0 heterocycles. The molecule has 1 aromatic rings. The molecule has 116 valence electrons. The van der Waals surface area contributed by atoms with E-state index in [0.29, 0.717) is 5.56 Å². The lowest BCUT2D eigenvalue weighted by Crippen LogP contribution is -2.06. The summed E-state index contributed by atoms with van der Waals surface area (Å²) >= 11 is 0. The summed E-state index contributed by atoms with van der Waals surface area (Å²) in [6.45, 7) is 2.40. The lowest BCUT2D eigenvalue weighted by Gasteiger charge is -2.12. The molecule has 0 aromatic heterocycles. The van der Waals surface area contributed by atoms with Gasteiger partial charge in [-0.3, -0.25) is 10.1 Å². The van der Waals surface area contributed by atoms with Crippen LogP contribution in [0.15, 0.2) is 23.9 Å². The molecular formula is C14H17F2NO4. The van der Waals surface area contributed by atoms with Gasteiger partial charge >= 0.3 is 6.61 Å². The quantitative estimate of drug-likeness (QED) is 0.565. The SMILES string of the molecule is CCOc1cc(/C=C(/C(C)C)[N+](=O)[O-])ccc1OC(F)F. The lowest BCUT2D eigenvalue weighted by atomic mass is 10.1. The molecule has 0 saturated heterocycles. The number of alkyl halides is 2. The molecule has 0 atom stereocenters. The zero-order chi connectivity index (χ0) is 16.0. The maximum absolute atomic E-state index is 12.3. The average Bonchev–Trinajstić information content (AvgIpc) is 2.37. The highest BCUT2D eigenvalue weighted by atomic mass is 19.3. The minimum absolute atomic E-state index is 0.0278. The van der Waals surface area contributed by atoms with Gasteiger partial charge in [0.1, 0.15) is 0 Å². The molecule has 7 heteroatoms. The molecule has 0 unspecified atom stereocenters. The highest BCUT2D eigenvalue weighted by Gasteiger charge is 2.17. The van der Waals surface area contributed by atoms with Gasteiger partial charge in [0.2, 0.25) is 5.70 Å². The number of ether oxygens (including phenoxy) is 2. The maximum atomic E-state index is 12.3. The van der Waals surface area contributed by atoms with E-state index < -0.39 is 11.5 Å². The molecule has 0 spiro atoms. The molecule has 0 N–H and O–H groups in total. The van der Waals surface area contributed by atoms with Crippen molar-refractivity contribution in [3.8, 4) is 11.5 Å². The fraction of sp³-hybridized carbons (Fsp3) is 0.429. The van der Waals surface area contributed by atoms with Crippen molar-refractivity contribution in [2.75, 3.05) is 6.61 Å². The smallest absolute Gasteiger partial charge is 0.387 e. The Labute approximate surface area is 121 Å². The van der Waals surface area contributed by atoms with Gasteiger partial charge in [-0.1, -0.05) is 19.9 Å². The second-order valence-corrected chi connectivity index (χ2v) is 4.50. The van der Waals surface area contributed by atoms with Gasteiger partial charge in [-0.15, -0.1) is 0 Å². The molecule has 0 aliphatic heterocycles. The molecule has 0 fully saturated rings. The average molecular weight is 301 g/mol. The summed E-state index contributed by atoms with van der Waals surface area (Å²) < 4.78 is 34.1. The Balaban J connectivity index is 3.18. The predicted octanol–water partition coefficient (Wildman–Crippen LogP) is 3.96. The van der Waals surface area contributed by atoms with Crippen LogP contribution in [0.25, 0.3) is 6.08 Å². The van der Waals surface area contributed by atoms with Crippen LogP contribution in [0.3, 0.4) is 0 Å². The molecule has 0 saturated carbocycles. The van der Waals surface area contributed by atoms with Gasteiger partial charge in [0, 0.05) is 12.0 Å². The lowest BCUT2D eigenvalue weighted by molar-refractivity contribution is -0.431. The van der Waals surface area contributed by atoms with Gasteiger partial charge in [-0.05, 0) is 24.6 Å². The van der Waals surface area contributed by atoms with Gasteiger partial charge < -0.3 is 9.47 Å². The third kappa shape index (κ3) is 5.02. The molecule has 21 heavy (non-hydrogen) atoms. The molecule has 0 aliphatic carbocycles. The van der Waals surface area contributed by atoms with Crippen molar-refractivity contribution in [1.82, 2.24) is 0 Å². The zero-order valence-corrected chi connectivity index (χ0v) is 12.0. The van der Waals surface area contributed by atoms with E-state index >= 15 is 0 Å². The minimum atomic E-state index is -2.96. The van der Waals surface area contributed by atoms with E-state index in [1.807, 2.05) is 0 Å². The summed E-state index contributed by atoms with van der Waals surface area (Å²) in [6.07, 6.45) is 1.39. The van der Waals surface area contributed by atoms with Crippen LogP contribution in [0.1, 0.15) is 26.3 Å². The van der Waals surface area contributed by atoms with Gasteiger partial charge in [0.15, 0.2) is 11.5 Å². The number of hydrogen-bond acceptors (Lipinski definition) is 4. The first kappa shape index (κ1) is 16.9. The number of benzene rings is 1. The van der Waals surface area contributed by atoms with Crippen LogP contribution in [0.5, 0.6) is 11.5 Å². The minimum Gasteiger partial charge on any atom is -0.490 e. The van der Waals surface area contributed by atoms with Crippen molar-refractivity contribution in [3.05, 3.63) is 39.6 Å². The van der Waals surface area contributed by atoms with Gasteiger partial charge in [-0.25, -0.2) is 0 Å². The predicted molar refractivity (Wildman–Crippen MR) is 74.1 cm³/mol. The summed E-state index contributed by atoms with van der Waals surface area (Å²) in [4.78, 5) is 10.5. The first-order chi connectivity index (χ1) is 9.85. The summed E-state index contributed by atoms with van der Waals surface area (Å²) in [5.41, 5.74) is 0.514.